The van der Waals surface area contributed by atoms with E-state index < -0.39 is 0 Å². The number of fused-ring (bicyclic) bond motifs is 1. The van der Waals surface area contributed by atoms with Crippen LogP contribution >= 0.6 is 31.9 Å². The van der Waals surface area contributed by atoms with Gasteiger partial charge in [0.1, 0.15) is 17.2 Å². The number of nitrogens with zero attached hydrogens (tertiary/aromatic N) is 1. The maximum Gasteiger partial charge on any atom is 0.147 e. The van der Waals surface area contributed by atoms with E-state index in [2.05, 4.69) is 118 Å². The van der Waals surface area contributed by atoms with Crippen LogP contribution in [0, 0.1) is 6.92 Å². The summed E-state index contributed by atoms with van der Waals surface area (Å²) in [5, 5.41) is 10.3. The molecule has 7 aromatic rings. The third-order valence-electron chi connectivity index (χ3n) is 10.1. The van der Waals surface area contributed by atoms with Gasteiger partial charge in [0.2, 0.25) is 0 Å². The van der Waals surface area contributed by atoms with E-state index in [-0.39, 0.29) is 0 Å². The first-order chi connectivity index (χ1) is 23.5. The summed E-state index contributed by atoms with van der Waals surface area (Å²) in [4.78, 5) is 0. The lowest BCUT2D eigenvalue weighted by Gasteiger charge is -2.20. The zero-order valence-electron chi connectivity index (χ0n) is 28.7. The fraction of sp³-hybridized carbons (Fsp3) is 0.395. The fourth-order valence-electron chi connectivity index (χ4n) is 7.80. The van der Waals surface area contributed by atoms with Crippen LogP contribution in [-0.2, 0) is 0 Å². The Bertz CT molecular complexity index is 2020. The minimum absolute atomic E-state index is 0.699. The molecule has 7 rings (SSSR count). The molecule has 0 radical (unpaired) electrons. The average molecular weight is 770 g/mol. The lowest BCUT2D eigenvalue weighted by molar-refractivity contribution is 0.288. The SMILES string of the molecule is CCCCCCCCOc1cc(C)cc(OCCCCCCCC)c1-n1c2cc(Br)c3cccc4c5cccc6c(Br)cc1c(c65)c2c34. The van der Waals surface area contributed by atoms with E-state index in [4.69, 9.17) is 9.47 Å². The highest BCUT2D eigenvalue weighted by atomic mass is 79.9. The summed E-state index contributed by atoms with van der Waals surface area (Å²) in [6, 6.07) is 22.5. The molecule has 0 N–H and O–H groups in total. The Hall–Kier alpha value is -3.02. The molecule has 3 nitrogen and oxygen atoms in total. The van der Waals surface area contributed by atoms with Crippen molar-refractivity contribution >= 4 is 86.0 Å². The number of ether oxygens (including phenoxy) is 2. The first kappa shape index (κ1) is 33.5. The average Bonchev–Trinajstić information content (AvgIpc) is 3.40. The molecule has 6 aromatic carbocycles. The molecule has 48 heavy (non-hydrogen) atoms. The number of hydrogen-bond donors (Lipinski definition) is 0. The highest BCUT2D eigenvalue weighted by Gasteiger charge is 2.27. The summed E-state index contributed by atoms with van der Waals surface area (Å²) in [6.07, 6.45) is 14.8. The normalized spacial score (nSPS) is 12.2. The van der Waals surface area contributed by atoms with Gasteiger partial charge in [0.25, 0.3) is 0 Å². The first-order valence-electron chi connectivity index (χ1n) is 18.2. The van der Waals surface area contributed by atoms with Crippen LogP contribution in [0.3, 0.4) is 0 Å². The Labute approximate surface area is 301 Å². The Morgan fingerprint density at radius 2 is 0.938 bits per heavy atom. The number of aryl methyl sites for hydroxylation is 1. The Morgan fingerprint density at radius 3 is 1.40 bits per heavy atom. The second kappa shape index (κ2) is 14.8. The summed E-state index contributed by atoms with van der Waals surface area (Å²) < 4.78 is 18.2. The summed E-state index contributed by atoms with van der Waals surface area (Å²) >= 11 is 8.01. The van der Waals surface area contributed by atoms with Crippen LogP contribution < -0.4 is 9.47 Å². The van der Waals surface area contributed by atoms with E-state index in [1.807, 2.05) is 0 Å². The molecule has 0 unspecified atom stereocenters. The lowest BCUT2D eigenvalue weighted by Crippen LogP contribution is -2.08. The third kappa shape index (κ3) is 6.15. The Balaban J connectivity index is 1.41. The summed E-state index contributed by atoms with van der Waals surface area (Å²) in [5.41, 5.74) is 4.50. The summed E-state index contributed by atoms with van der Waals surface area (Å²) in [6.45, 7) is 8.10. The number of rotatable bonds is 17. The Morgan fingerprint density at radius 1 is 0.521 bits per heavy atom. The van der Waals surface area contributed by atoms with E-state index in [9.17, 15) is 0 Å². The molecule has 0 amide bonds. The number of hydrogen-bond acceptors (Lipinski definition) is 2. The molecule has 0 spiro atoms. The predicted molar refractivity (Wildman–Crippen MR) is 214 cm³/mol. The molecule has 1 aromatic heterocycles. The van der Waals surface area contributed by atoms with Gasteiger partial charge in [-0.1, -0.05) is 146 Å². The van der Waals surface area contributed by atoms with Gasteiger partial charge in [-0.3, -0.25) is 0 Å². The van der Waals surface area contributed by atoms with E-state index in [0.29, 0.717) is 13.2 Å². The minimum Gasteiger partial charge on any atom is -0.491 e. The number of halogens is 2. The molecule has 5 heteroatoms. The Kier molecular flexibility index (Phi) is 10.4. The minimum atomic E-state index is 0.699. The van der Waals surface area contributed by atoms with E-state index in [1.54, 1.807) is 0 Å². The topological polar surface area (TPSA) is 23.4 Å². The largest absolute Gasteiger partial charge is 0.491 e. The molecule has 0 atom stereocenters. The van der Waals surface area contributed by atoms with Crippen LogP contribution in [0.2, 0.25) is 0 Å². The van der Waals surface area contributed by atoms with E-state index >= 15 is 0 Å². The van der Waals surface area contributed by atoms with E-state index in [0.717, 1.165) is 44.5 Å². The van der Waals surface area contributed by atoms with Gasteiger partial charge >= 0.3 is 0 Å². The van der Waals surface area contributed by atoms with Gasteiger partial charge in [-0.2, -0.15) is 0 Å². The third-order valence-corrected chi connectivity index (χ3v) is 11.4. The maximum absolute atomic E-state index is 6.78. The van der Waals surface area contributed by atoms with Crippen LogP contribution in [0.25, 0.3) is 59.8 Å². The molecular weight excluding hydrogens is 722 g/mol. The van der Waals surface area contributed by atoms with Crippen molar-refractivity contribution in [2.24, 2.45) is 0 Å². The highest BCUT2D eigenvalue weighted by Crippen LogP contribution is 2.51. The van der Waals surface area contributed by atoms with Gasteiger partial charge in [0.15, 0.2) is 0 Å². The molecule has 250 valence electrons. The predicted octanol–water partition coefficient (Wildman–Crippen LogP) is 14.4. The van der Waals surface area contributed by atoms with Gasteiger partial charge in [0, 0.05) is 30.5 Å². The molecule has 0 saturated heterocycles. The number of benzene rings is 6. The summed E-state index contributed by atoms with van der Waals surface area (Å²) in [5.74, 6) is 1.79. The van der Waals surface area contributed by atoms with Gasteiger partial charge in [-0.25, -0.2) is 0 Å². The molecule has 0 fully saturated rings. The molecular formula is C43H47Br2NO2. The van der Waals surface area contributed by atoms with Gasteiger partial charge in [-0.15, -0.1) is 0 Å². The van der Waals surface area contributed by atoms with Crippen molar-refractivity contribution < 1.29 is 9.47 Å². The van der Waals surface area contributed by atoms with Crippen LogP contribution in [0.15, 0.2) is 69.6 Å². The van der Waals surface area contributed by atoms with Crippen LogP contribution in [0.5, 0.6) is 11.5 Å². The van der Waals surface area contributed by atoms with Crippen molar-refractivity contribution in [1.82, 2.24) is 4.57 Å². The smallest absolute Gasteiger partial charge is 0.147 e. The van der Waals surface area contributed by atoms with Crippen molar-refractivity contribution in [3.8, 4) is 17.2 Å². The zero-order valence-corrected chi connectivity index (χ0v) is 31.9. The zero-order chi connectivity index (χ0) is 33.2. The lowest BCUT2D eigenvalue weighted by atomic mass is 9.90. The fourth-order valence-corrected chi connectivity index (χ4v) is 8.89. The summed E-state index contributed by atoms with van der Waals surface area (Å²) in [7, 11) is 0. The monoisotopic (exact) mass is 767 g/mol. The van der Waals surface area contributed by atoms with Crippen LogP contribution in [0.4, 0.5) is 0 Å². The second-order valence-corrected chi connectivity index (χ2v) is 15.3. The quantitative estimate of drug-likeness (QED) is 0.0523. The molecule has 0 aliphatic carbocycles. The highest BCUT2D eigenvalue weighted by molar-refractivity contribution is 9.11. The molecule has 0 saturated carbocycles. The van der Waals surface area contributed by atoms with Crippen LogP contribution in [-0.4, -0.2) is 17.8 Å². The standard InChI is InChI=1S/C43H47Br2NO2/c1-4-6-8-10-12-14-22-47-37-24-28(3)25-38(48-23-15-13-11-9-7-5-2)43(37)46-35-26-33(44)31-20-16-18-29-30-19-17-21-32-34(45)27-36(46)42(40(30)32)41(35)39(29)31/h16-21,24-27H,4-15,22-23H2,1-3H3. The van der Waals surface area contributed by atoms with Crippen LogP contribution in [0.1, 0.15) is 96.5 Å². The maximum atomic E-state index is 6.78. The van der Waals surface area contributed by atoms with E-state index in [1.165, 1.54) is 118 Å². The van der Waals surface area contributed by atoms with Crippen molar-refractivity contribution in [1.29, 1.82) is 0 Å². The van der Waals surface area contributed by atoms with Crippen molar-refractivity contribution in [2.45, 2.75) is 97.8 Å². The molecule has 0 aliphatic rings. The van der Waals surface area contributed by atoms with Crippen molar-refractivity contribution in [3.63, 3.8) is 0 Å². The number of aromatic nitrogens is 1. The molecule has 1 heterocycles. The van der Waals surface area contributed by atoms with Gasteiger partial charge < -0.3 is 14.0 Å². The van der Waals surface area contributed by atoms with Crippen molar-refractivity contribution in [2.75, 3.05) is 13.2 Å². The van der Waals surface area contributed by atoms with Gasteiger partial charge in [0.05, 0.1) is 24.2 Å². The van der Waals surface area contributed by atoms with Gasteiger partial charge in [-0.05, 0) is 71.1 Å². The first-order valence-corrected chi connectivity index (χ1v) is 19.8. The second-order valence-electron chi connectivity index (χ2n) is 13.6. The molecule has 0 aliphatic heterocycles. The number of unbranched alkanes of at least 4 members (excludes halogenated alkanes) is 10. The molecule has 0 bridgehead atoms. The van der Waals surface area contributed by atoms with Crippen molar-refractivity contribution in [3.05, 3.63) is 75.2 Å².